The molecular formula is C29H28F6O4. The minimum Gasteiger partial charge on any atom is -0.493 e. The Labute approximate surface area is 222 Å². The summed E-state index contributed by atoms with van der Waals surface area (Å²) in [6, 6.07) is 12.3. The van der Waals surface area contributed by atoms with Crippen molar-refractivity contribution in [1.29, 1.82) is 0 Å². The van der Waals surface area contributed by atoms with Gasteiger partial charge in [0.1, 0.15) is 11.5 Å². The molecule has 0 spiro atoms. The van der Waals surface area contributed by atoms with Gasteiger partial charge in [0.05, 0.1) is 23.8 Å². The van der Waals surface area contributed by atoms with Crippen molar-refractivity contribution in [3.05, 3.63) is 82.9 Å². The minimum absolute atomic E-state index is 0.0153. The molecule has 0 amide bonds. The summed E-state index contributed by atoms with van der Waals surface area (Å²) >= 11 is 0. The third-order valence-electron chi connectivity index (χ3n) is 6.12. The maximum atomic E-state index is 13.6. The summed E-state index contributed by atoms with van der Waals surface area (Å²) in [6.45, 7) is 3.76. The highest BCUT2D eigenvalue weighted by atomic mass is 19.4. The van der Waals surface area contributed by atoms with Crippen LogP contribution in [-0.4, -0.2) is 23.8 Å². The molecule has 3 aromatic carbocycles. The molecule has 0 radical (unpaired) electrons. The van der Waals surface area contributed by atoms with Crippen molar-refractivity contribution in [1.82, 2.24) is 0 Å². The van der Waals surface area contributed by atoms with Crippen molar-refractivity contribution in [3.63, 3.8) is 0 Å². The predicted octanol–water partition coefficient (Wildman–Crippen LogP) is 8.21. The van der Waals surface area contributed by atoms with Crippen molar-refractivity contribution in [2.45, 2.75) is 58.0 Å². The average Bonchev–Trinajstić information content (AvgIpc) is 2.86. The van der Waals surface area contributed by atoms with Crippen LogP contribution in [0, 0.1) is 0 Å². The van der Waals surface area contributed by atoms with Crippen LogP contribution in [-0.2, 0) is 30.0 Å². The molecule has 39 heavy (non-hydrogen) atoms. The van der Waals surface area contributed by atoms with Crippen molar-refractivity contribution < 1.29 is 45.7 Å². The summed E-state index contributed by atoms with van der Waals surface area (Å²) in [6.07, 6.45) is -8.73. The number of aliphatic carboxylic acids is 1. The van der Waals surface area contributed by atoms with Crippen LogP contribution < -0.4 is 9.47 Å². The Morgan fingerprint density at radius 3 is 2.26 bits per heavy atom. The number of hydrogen-bond donors (Lipinski definition) is 1. The van der Waals surface area contributed by atoms with E-state index >= 15 is 0 Å². The first kappa shape index (κ1) is 29.9. The molecule has 0 heterocycles. The number of carboxylic acid groups (broad SMARTS) is 1. The van der Waals surface area contributed by atoms with E-state index in [4.69, 9.17) is 14.6 Å². The molecule has 0 saturated carbocycles. The molecule has 0 aliphatic carbocycles. The molecule has 1 unspecified atom stereocenters. The molecule has 0 saturated heterocycles. The summed E-state index contributed by atoms with van der Waals surface area (Å²) < 4.78 is 92.7. The largest absolute Gasteiger partial charge is 0.493 e. The van der Waals surface area contributed by atoms with E-state index in [1.165, 1.54) is 12.1 Å². The van der Waals surface area contributed by atoms with Gasteiger partial charge in [-0.05, 0) is 72.9 Å². The minimum atomic E-state index is -4.78. The SMILES string of the molecule is CCc1cc(OCCC(C)Oc2ccc(C(F)(F)F)cc2-c2ccccc2C(F)(F)F)ccc1CCC(=O)O. The fourth-order valence-corrected chi connectivity index (χ4v) is 4.11. The molecule has 4 nitrogen and oxygen atoms in total. The monoisotopic (exact) mass is 554 g/mol. The van der Waals surface area contributed by atoms with Crippen molar-refractivity contribution in [2.75, 3.05) is 6.61 Å². The molecule has 3 rings (SSSR count). The number of benzene rings is 3. The second kappa shape index (κ2) is 12.4. The third kappa shape index (κ3) is 8.15. The summed E-state index contributed by atoms with van der Waals surface area (Å²) in [7, 11) is 0. The second-order valence-corrected chi connectivity index (χ2v) is 9.00. The van der Waals surface area contributed by atoms with Gasteiger partial charge in [0.2, 0.25) is 0 Å². The van der Waals surface area contributed by atoms with Crippen LogP contribution in [0.15, 0.2) is 60.7 Å². The van der Waals surface area contributed by atoms with Crippen LogP contribution in [0.5, 0.6) is 11.5 Å². The molecule has 10 heteroatoms. The highest BCUT2D eigenvalue weighted by Gasteiger charge is 2.36. The molecule has 0 bridgehead atoms. The molecule has 0 fully saturated rings. The molecule has 0 aromatic heterocycles. The fourth-order valence-electron chi connectivity index (χ4n) is 4.11. The normalized spacial score (nSPS) is 12.7. The highest BCUT2D eigenvalue weighted by Crippen LogP contribution is 2.43. The van der Waals surface area contributed by atoms with Crippen LogP contribution in [0.2, 0.25) is 0 Å². The van der Waals surface area contributed by atoms with E-state index in [2.05, 4.69) is 0 Å². The van der Waals surface area contributed by atoms with Crippen LogP contribution in [0.25, 0.3) is 11.1 Å². The van der Waals surface area contributed by atoms with Crippen molar-refractivity contribution in [3.8, 4) is 22.6 Å². The van der Waals surface area contributed by atoms with Gasteiger partial charge in [-0.1, -0.05) is 31.2 Å². The Morgan fingerprint density at radius 1 is 0.897 bits per heavy atom. The first-order chi connectivity index (χ1) is 18.3. The van der Waals surface area contributed by atoms with Gasteiger partial charge in [-0.2, -0.15) is 26.3 Å². The first-order valence-corrected chi connectivity index (χ1v) is 12.3. The summed E-state index contributed by atoms with van der Waals surface area (Å²) in [5, 5.41) is 8.91. The quantitative estimate of drug-likeness (QED) is 0.243. The lowest BCUT2D eigenvalue weighted by Gasteiger charge is -2.21. The van der Waals surface area contributed by atoms with E-state index in [-0.39, 0.29) is 24.3 Å². The number of hydrogen-bond acceptors (Lipinski definition) is 3. The van der Waals surface area contributed by atoms with Crippen LogP contribution in [0.4, 0.5) is 26.3 Å². The Bertz CT molecular complexity index is 1280. The Hall–Kier alpha value is -3.69. The van der Waals surface area contributed by atoms with Gasteiger partial charge in [-0.25, -0.2) is 0 Å². The average molecular weight is 555 g/mol. The van der Waals surface area contributed by atoms with E-state index in [0.717, 1.165) is 35.4 Å². The zero-order valence-corrected chi connectivity index (χ0v) is 21.3. The Balaban J connectivity index is 1.76. The molecule has 0 aliphatic heterocycles. The number of aryl methyl sites for hydroxylation is 2. The third-order valence-corrected chi connectivity index (χ3v) is 6.12. The zero-order valence-electron chi connectivity index (χ0n) is 21.3. The van der Waals surface area contributed by atoms with Gasteiger partial charge >= 0.3 is 18.3 Å². The molecule has 1 N–H and O–H groups in total. The lowest BCUT2D eigenvalue weighted by atomic mass is 9.96. The van der Waals surface area contributed by atoms with Crippen LogP contribution >= 0.6 is 0 Å². The number of rotatable bonds is 11. The molecule has 3 aromatic rings. The molecule has 0 aliphatic rings. The molecule has 1 atom stereocenters. The second-order valence-electron chi connectivity index (χ2n) is 9.00. The summed E-state index contributed by atoms with van der Waals surface area (Å²) in [5.74, 6) is -0.430. The van der Waals surface area contributed by atoms with Gasteiger partial charge in [0, 0.05) is 18.4 Å². The lowest BCUT2D eigenvalue weighted by Crippen LogP contribution is -2.17. The van der Waals surface area contributed by atoms with E-state index in [1.54, 1.807) is 13.0 Å². The Morgan fingerprint density at radius 2 is 1.62 bits per heavy atom. The van der Waals surface area contributed by atoms with E-state index in [9.17, 15) is 31.1 Å². The topological polar surface area (TPSA) is 55.8 Å². The number of carbonyl (C=O) groups is 1. The maximum absolute atomic E-state index is 13.6. The van der Waals surface area contributed by atoms with Gasteiger partial charge in [0.25, 0.3) is 0 Å². The van der Waals surface area contributed by atoms with E-state index < -0.39 is 41.1 Å². The smallest absolute Gasteiger partial charge is 0.417 e. The van der Waals surface area contributed by atoms with Crippen LogP contribution in [0.1, 0.15) is 48.9 Å². The lowest BCUT2D eigenvalue weighted by molar-refractivity contribution is -0.138. The number of alkyl halides is 6. The standard InChI is InChI=1S/C29H28F6O4/c1-3-19-16-22(11-8-20(19)9-13-27(36)37)38-15-14-18(2)39-26-12-10-21(28(30,31)32)17-24(26)23-6-4-5-7-25(23)29(33,34)35/h4-8,10-12,16-18H,3,9,13-15H2,1-2H3,(H,36,37). The van der Waals surface area contributed by atoms with Gasteiger partial charge < -0.3 is 14.6 Å². The summed E-state index contributed by atoms with van der Waals surface area (Å²) in [4.78, 5) is 10.9. The number of carboxylic acids is 1. The number of halogens is 6. The highest BCUT2D eigenvalue weighted by molar-refractivity contribution is 5.75. The first-order valence-electron chi connectivity index (χ1n) is 12.3. The van der Waals surface area contributed by atoms with Crippen molar-refractivity contribution >= 4 is 5.97 Å². The molecular weight excluding hydrogens is 526 g/mol. The predicted molar refractivity (Wildman–Crippen MR) is 134 cm³/mol. The van der Waals surface area contributed by atoms with Crippen molar-refractivity contribution in [2.24, 2.45) is 0 Å². The van der Waals surface area contributed by atoms with Crippen LogP contribution in [0.3, 0.4) is 0 Å². The maximum Gasteiger partial charge on any atom is 0.417 e. The van der Waals surface area contributed by atoms with E-state index in [0.29, 0.717) is 31.1 Å². The molecule has 210 valence electrons. The zero-order chi connectivity index (χ0) is 28.8. The fraction of sp³-hybridized carbons (Fsp3) is 0.345. The summed E-state index contributed by atoms with van der Waals surface area (Å²) in [5.41, 5.74) is -1.01. The van der Waals surface area contributed by atoms with Gasteiger partial charge in [0.15, 0.2) is 0 Å². The Kier molecular flexibility index (Phi) is 9.53. The van der Waals surface area contributed by atoms with Gasteiger partial charge in [-0.3, -0.25) is 4.79 Å². The van der Waals surface area contributed by atoms with E-state index in [1.807, 2.05) is 19.1 Å². The van der Waals surface area contributed by atoms with Gasteiger partial charge in [-0.15, -0.1) is 0 Å². The number of ether oxygens (including phenoxy) is 2.